The predicted octanol–water partition coefficient (Wildman–Crippen LogP) is 1.15. The third kappa shape index (κ3) is 5.98. The summed E-state index contributed by atoms with van der Waals surface area (Å²) in [5, 5.41) is 3.28. The molecule has 0 aromatic carbocycles. The minimum absolute atomic E-state index is 0.0647. The zero-order chi connectivity index (χ0) is 14.3. The van der Waals surface area contributed by atoms with Crippen LogP contribution in [0.15, 0.2) is 10.9 Å². The normalized spacial score (nSPS) is 11.5. The fourth-order valence-electron chi connectivity index (χ4n) is 1.88. The Hall–Kier alpha value is -1.20. The van der Waals surface area contributed by atoms with Gasteiger partial charge >= 0.3 is 0 Å². The van der Waals surface area contributed by atoms with Crippen LogP contribution in [0.25, 0.3) is 0 Å². The van der Waals surface area contributed by atoms with Crippen molar-refractivity contribution in [2.45, 2.75) is 46.7 Å². The Labute approximate surface area is 115 Å². The van der Waals surface area contributed by atoms with Crippen LogP contribution in [0, 0.1) is 0 Å². The molecule has 0 spiro atoms. The number of likely N-dealkylation sites (N-methyl/N-ethyl adjacent to an activating group) is 1. The van der Waals surface area contributed by atoms with Gasteiger partial charge in [-0.3, -0.25) is 4.79 Å². The molecule has 0 aliphatic heterocycles. The SMILES string of the molecule is CCN(CC)CCc1nc(CNC(C)C)cc(=O)[nH]1. The van der Waals surface area contributed by atoms with E-state index in [1.54, 1.807) is 6.07 Å². The molecule has 0 amide bonds. The van der Waals surface area contributed by atoms with Crippen LogP contribution in [0.4, 0.5) is 0 Å². The number of aromatic amines is 1. The van der Waals surface area contributed by atoms with E-state index in [0.29, 0.717) is 12.6 Å². The van der Waals surface area contributed by atoms with Gasteiger partial charge in [0.05, 0.1) is 5.69 Å². The Balaban J connectivity index is 2.65. The third-order valence-corrected chi connectivity index (χ3v) is 3.09. The highest BCUT2D eigenvalue weighted by molar-refractivity contribution is 5.03. The number of nitrogens with one attached hydrogen (secondary N) is 2. The molecule has 0 unspecified atom stereocenters. The van der Waals surface area contributed by atoms with Crippen molar-refractivity contribution in [3.8, 4) is 0 Å². The molecule has 0 fully saturated rings. The Bertz CT molecular complexity index is 424. The molecule has 5 nitrogen and oxygen atoms in total. The molecule has 2 N–H and O–H groups in total. The van der Waals surface area contributed by atoms with Gasteiger partial charge in [-0.2, -0.15) is 0 Å². The Kier molecular flexibility index (Phi) is 6.73. The largest absolute Gasteiger partial charge is 0.310 e. The van der Waals surface area contributed by atoms with Gasteiger partial charge < -0.3 is 15.2 Å². The monoisotopic (exact) mass is 266 g/mol. The van der Waals surface area contributed by atoms with Gasteiger partial charge in [-0.25, -0.2) is 4.98 Å². The van der Waals surface area contributed by atoms with Gasteiger partial charge in [0, 0.05) is 31.6 Å². The van der Waals surface area contributed by atoms with E-state index in [4.69, 9.17) is 0 Å². The fraction of sp³-hybridized carbons (Fsp3) is 0.714. The summed E-state index contributed by atoms with van der Waals surface area (Å²) in [6.07, 6.45) is 0.784. The second-order valence-electron chi connectivity index (χ2n) is 5.00. The molecule has 0 radical (unpaired) electrons. The maximum absolute atomic E-state index is 11.6. The van der Waals surface area contributed by atoms with Crippen molar-refractivity contribution in [1.82, 2.24) is 20.2 Å². The van der Waals surface area contributed by atoms with Crippen LogP contribution in [-0.2, 0) is 13.0 Å². The first-order valence-corrected chi connectivity index (χ1v) is 7.10. The molecule has 1 aromatic rings. The van der Waals surface area contributed by atoms with Gasteiger partial charge in [0.25, 0.3) is 5.56 Å². The summed E-state index contributed by atoms with van der Waals surface area (Å²) in [6.45, 7) is 12.1. The van der Waals surface area contributed by atoms with Gasteiger partial charge in [-0.15, -0.1) is 0 Å². The minimum Gasteiger partial charge on any atom is -0.310 e. The molecular weight excluding hydrogens is 240 g/mol. The molecule has 108 valence electrons. The zero-order valence-electron chi connectivity index (χ0n) is 12.5. The topological polar surface area (TPSA) is 61.0 Å². The first-order valence-electron chi connectivity index (χ1n) is 7.10. The molecule has 19 heavy (non-hydrogen) atoms. The molecule has 0 aliphatic carbocycles. The summed E-state index contributed by atoms with van der Waals surface area (Å²) in [5.74, 6) is 0.778. The lowest BCUT2D eigenvalue weighted by atomic mass is 10.3. The van der Waals surface area contributed by atoms with E-state index in [1.807, 2.05) is 0 Å². The predicted molar refractivity (Wildman–Crippen MR) is 78.3 cm³/mol. The molecule has 1 heterocycles. The number of nitrogens with zero attached hydrogens (tertiary/aromatic N) is 2. The maximum Gasteiger partial charge on any atom is 0.251 e. The Morgan fingerprint density at radius 1 is 1.37 bits per heavy atom. The summed E-state index contributed by atoms with van der Waals surface area (Å²) in [6, 6.07) is 1.95. The van der Waals surface area contributed by atoms with Crippen LogP contribution in [0.5, 0.6) is 0 Å². The highest BCUT2D eigenvalue weighted by Crippen LogP contribution is 1.97. The average molecular weight is 266 g/mol. The van der Waals surface area contributed by atoms with Crippen LogP contribution in [0.3, 0.4) is 0 Å². The molecule has 0 aliphatic rings. The lowest BCUT2D eigenvalue weighted by Gasteiger charge is -2.17. The number of aromatic nitrogens is 2. The van der Waals surface area contributed by atoms with E-state index in [1.165, 1.54) is 0 Å². The van der Waals surface area contributed by atoms with E-state index in [2.05, 4.69) is 47.9 Å². The van der Waals surface area contributed by atoms with Crippen LogP contribution < -0.4 is 10.9 Å². The number of rotatable bonds is 8. The standard InChI is InChI=1S/C14H26N4O/c1-5-18(6-2)8-7-13-16-12(9-14(19)17-13)10-15-11(3)4/h9,11,15H,5-8,10H2,1-4H3,(H,16,17,19). The zero-order valence-corrected chi connectivity index (χ0v) is 12.5. The van der Waals surface area contributed by atoms with Gasteiger partial charge in [-0.1, -0.05) is 27.7 Å². The van der Waals surface area contributed by atoms with Crippen molar-refractivity contribution < 1.29 is 0 Å². The first kappa shape index (κ1) is 15.9. The van der Waals surface area contributed by atoms with Gasteiger partial charge in [0.1, 0.15) is 5.82 Å². The highest BCUT2D eigenvalue weighted by atomic mass is 16.1. The summed E-state index contributed by atoms with van der Waals surface area (Å²) < 4.78 is 0. The molecule has 1 aromatic heterocycles. The van der Waals surface area contributed by atoms with Crippen molar-refractivity contribution in [1.29, 1.82) is 0 Å². The van der Waals surface area contributed by atoms with E-state index >= 15 is 0 Å². The number of hydrogen-bond acceptors (Lipinski definition) is 4. The summed E-state index contributed by atoms with van der Waals surface area (Å²) in [4.78, 5) is 21.2. The van der Waals surface area contributed by atoms with Crippen LogP contribution >= 0.6 is 0 Å². The molecule has 0 atom stereocenters. The van der Waals surface area contributed by atoms with Gasteiger partial charge in [0.15, 0.2) is 0 Å². The van der Waals surface area contributed by atoms with Gasteiger partial charge in [0.2, 0.25) is 0 Å². The van der Waals surface area contributed by atoms with E-state index in [9.17, 15) is 4.79 Å². The van der Waals surface area contributed by atoms with E-state index in [-0.39, 0.29) is 5.56 Å². The minimum atomic E-state index is -0.0647. The quantitative estimate of drug-likeness (QED) is 0.741. The van der Waals surface area contributed by atoms with Crippen LogP contribution in [0.2, 0.25) is 0 Å². The Morgan fingerprint density at radius 3 is 2.63 bits per heavy atom. The lowest BCUT2D eigenvalue weighted by Crippen LogP contribution is -2.27. The number of hydrogen-bond donors (Lipinski definition) is 2. The summed E-state index contributed by atoms with van der Waals surface area (Å²) in [5.41, 5.74) is 0.747. The van der Waals surface area contributed by atoms with E-state index in [0.717, 1.165) is 37.6 Å². The fourth-order valence-corrected chi connectivity index (χ4v) is 1.88. The smallest absolute Gasteiger partial charge is 0.251 e. The molecular formula is C14H26N4O. The van der Waals surface area contributed by atoms with Crippen LogP contribution in [-0.4, -0.2) is 40.5 Å². The molecule has 0 saturated heterocycles. The van der Waals surface area contributed by atoms with Crippen molar-refractivity contribution in [2.24, 2.45) is 0 Å². The Morgan fingerprint density at radius 2 is 2.05 bits per heavy atom. The van der Waals surface area contributed by atoms with Crippen LogP contribution in [0.1, 0.15) is 39.2 Å². The average Bonchev–Trinajstić information content (AvgIpc) is 2.37. The lowest BCUT2D eigenvalue weighted by molar-refractivity contribution is 0.305. The maximum atomic E-state index is 11.6. The molecule has 1 rings (SSSR count). The number of H-pyrrole nitrogens is 1. The van der Waals surface area contributed by atoms with Crippen molar-refractivity contribution >= 4 is 0 Å². The van der Waals surface area contributed by atoms with Gasteiger partial charge in [-0.05, 0) is 13.1 Å². The third-order valence-electron chi connectivity index (χ3n) is 3.09. The molecule has 0 saturated carbocycles. The second-order valence-corrected chi connectivity index (χ2v) is 5.00. The second kappa shape index (κ2) is 8.07. The van der Waals surface area contributed by atoms with Crippen molar-refractivity contribution in [3.63, 3.8) is 0 Å². The van der Waals surface area contributed by atoms with Crippen molar-refractivity contribution in [2.75, 3.05) is 19.6 Å². The molecule has 0 bridgehead atoms. The van der Waals surface area contributed by atoms with E-state index < -0.39 is 0 Å². The highest BCUT2D eigenvalue weighted by Gasteiger charge is 2.05. The van der Waals surface area contributed by atoms with Crippen molar-refractivity contribution in [3.05, 3.63) is 27.9 Å². The first-order chi connectivity index (χ1) is 9.05. The molecule has 5 heteroatoms. The summed E-state index contributed by atoms with van der Waals surface area (Å²) in [7, 11) is 0. The summed E-state index contributed by atoms with van der Waals surface area (Å²) >= 11 is 0.